The molecule has 7 nitrogen and oxygen atoms in total. The van der Waals surface area contributed by atoms with Crippen LogP contribution in [0.5, 0.6) is 0 Å². The predicted molar refractivity (Wildman–Crippen MR) is 112 cm³/mol. The second-order valence-electron chi connectivity index (χ2n) is 8.44. The van der Waals surface area contributed by atoms with E-state index in [4.69, 9.17) is 0 Å². The highest BCUT2D eigenvalue weighted by molar-refractivity contribution is 7.78. The first-order valence-corrected chi connectivity index (χ1v) is 10.6. The topological polar surface area (TPSA) is 59.1 Å². The largest absolute Gasteiger partial charge is 0.352 e. The van der Waals surface area contributed by atoms with Crippen molar-refractivity contribution in [3.05, 3.63) is 0 Å². The van der Waals surface area contributed by atoms with Crippen molar-refractivity contribution < 1.29 is 9.59 Å². The number of likely N-dealkylation sites (N-methyl/N-ethyl adjacent to an activating group) is 1. The molecule has 0 saturated carbocycles. The van der Waals surface area contributed by atoms with Crippen LogP contribution in [0.3, 0.4) is 0 Å². The zero-order chi connectivity index (χ0) is 20.0. The van der Waals surface area contributed by atoms with E-state index in [1.807, 2.05) is 25.7 Å². The first-order chi connectivity index (χ1) is 12.7. The van der Waals surface area contributed by atoms with Crippen LogP contribution >= 0.6 is 12.8 Å². The van der Waals surface area contributed by atoms with Gasteiger partial charge in [-0.15, -0.1) is 0 Å². The molecule has 0 aromatic carbocycles. The molecular weight excluding hydrogens is 362 g/mol. The lowest BCUT2D eigenvalue weighted by molar-refractivity contribution is -0.130. The SMILES string of the molecule is CC(C)NC(=O)C(C)(CCN1CCN(C)CC1)N(S)C(=O)N1CCCCC1. The lowest BCUT2D eigenvalue weighted by atomic mass is 9.95. The normalized spacial score (nSPS) is 21.8. The quantitative estimate of drug-likeness (QED) is 0.667. The maximum absolute atomic E-state index is 13.0. The van der Waals surface area contributed by atoms with Crippen LogP contribution in [-0.2, 0) is 4.79 Å². The number of hydrogen-bond acceptors (Lipinski definition) is 5. The third-order valence-corrected chi connectivity index (χ3v) is 6.31. The number of nitrogens with zero attached hydrogens (tertiary/aromatic N) is 4. The molecule has 1 atom stereocenters. The van der Waals surface area contributed by atoms with Crippen molar-refractivity contribution >= 4 is 24.8 Å². The number of likely N-dealkylation sites (tertiary alicyclic amines) is 1. The maximum atomic E-state index is 13.0. The van der Waals surface area contributed by atoms with Crippen molar-refractivity contribution in [3.8, 4) is 0 Å². The highest BCUT2D eigenvalue weighted by Gasteiger charge is 2.43. The number of rotatable bonds is 6. The highest BCUT2D eigenvalue weighted by atomic mass is 32.1. The van der Waals surface area contributed by atoms with Crippen LogP contribution in [0.25, 0.3) is 0 Å². The van der Waals surface area contributed by atoms with Gasteiger partial charge in [-0.1, -0.05) is 12.8 Å². The lowest BCUT2D eigenvalue weighted by Crippen LogP contribution is -2.60. The van der Waals surface area contributed by atoms with Gasteiger partial charge in [0.1, 0.15) is 5.54 Å². The Labute approximate surface area is 169 Å². The monoisotopic (exact) mass is 399 g/mol. The van der Waals surface area contributed by atoms with Gasteiger partial charge in [-0.3, -0.25) is 9.10 Å². The van der Waals surface area contributed by atoms with E-state index in [2.05, 4.69) is 35.0 Å². The number of piperidine rings is 1. The number of carbonyl (C=O) groups excluding carboxylic acids is 2. The molecule has 1 N–H and O–H groups in total. The number of carbonyl (C=O) groups is 2. The molecule has 8 heteroatoms. The summed E-state index contributed by atoms with van der Waals surface area (Å²) >= 11 is 4.54. The van der Waals surface area contributed by atoms with E-state index in [1.54, 1.807) is 0 Å². The molecule has 156 valence electrons. The Morgan fingerprint density at radius 2 is 1.67 bits per heavy atom. The molecule has 2 fully saturated rings. The fourth-order valence-corrected chi connectivity index (χ4v) is 3.93. The summed E-state index contributed by atoms with van der Waals surface area (Å²) in [7, 11) is 2.13. The van der Waals surface area contributed by atoms with Crippen LogP contribution in [-0.4, -0.2) is 95.4 Å². The van der Waals surface area contributed by atoms with E-state index < -0.39 is 5.54 Å². The zero-order valence-corrected chi connectivity index (χ0v) is 18.3. The number of thiol groups is 1. The number of hydrogen-bond donors (Lipinski definition) is 2. The summed E-state index contributed by atoms with van der Waals surface area (Å²) < 4.78 is 1.38. The van der Waals surface area contributed by atoms with E-state index in [0.29, 0.717) is 6.42 Å². The van der Waals surface area contributed by atoms with E-state index >= 15 is 0 Å². The summed E-state index contributed by atoms with van der Waals surface area (Å²) in [6.45, 7) is 12.0. The molecule has 0 aliphatic carbocycles. The van der Waals surface area contributed by atoms with Gasteiger partial charge in [0, 0.05) is 51.9 Å². The predicted octanol–water partition coefficient (Wildman–Crippen LogP) is 1.66. The van der Waals surface area contributed by atoms with Gasteiger partial charge < -0.3 is 20.0 Å². The van der Waals surface area contributed by atoms with E-state index in [1.165, 1.54) is 4.31 Å². The van der Waals surface area contributed by atoms with Crippen molar-refractivity contribution in [1.29, 1.82) is 0 Å². The van der Waals surface area contributed by atoms with Gasteiger partial charge in [-0.05, 0) is 53.5 Å². The van der Waals surface area contributed by atoms with Gasteiger partial charge in [0.2, 0.25) is 5.91 Å². The van der Waals surface area contributed by atoms with Crippen molar-refractivity contribution in [1.82, 2.24) is 24.3 Å². The number of nitrogens with one attached hydrogen (secondary N) is 1. The molecule has 27 heavy (non-hydrogen) atoms. The summed E-state index contributed by atoms with van der Waals surface area (Å²) in [6, 6.07) is -0.134. The Balaban J connectivity index is 2.08. The third-order valence-electron chi connectivity index (χ3n) is 5.69. The van der Waals surface area contributed by atoms with Gasteiger partial charge in [-0.2, -0.15) is 0 Å². The molecule has 3 amide bonds. The zero-order valence-electron chi connectivity index (χ0n) is 17.4. The van der Waals surface area contributed by atoms with E-state index in [-0.39, 0.29) is 18.0 Å². The summed E-state index contributed by atoms with van der Waals surface area (Å²) in [4.78, 5) is 32.5. The van der Waals surface area contributed by atoms with Crippen LogP contribution in [0.2, 0.25) is 0 Å². The van der Waals surface area contributed by atoms with Crippen molar-refractivity contribution in [2.45, 2.75) is 58.0 Å². The summed E-state index contributed by atoms with van der Waals surface area (Å²) in [5, 5.41) is 2.99. The number of urea groups is 1. The maximum Gasteiger partial charge on any atom is 0.330 e. The number of piperazine rings is 1. The molecule has 2 saturated heterocycles. The molecule has 0 aromatic rings. The van der Waals surface area contributed by atoms with Gasteiger partial charge in [0.25, 0.3) is 0 Å². The molecule has 0 spiro atoms. The molecule has 0 aromatic heterocycles. The Hall–Kier alpha value is -0.990. The van der Waals surface area contributed by atoms with Crippen LogP contribution < -0.4 is 5.32 Å². The fourth-order valence-electron chi connectivity index (χ4n) is 3.61. The van der Waals surface area contributed by atoms with Crippen LogP contribution in [0, 0.1) is 0 Å². The fraction of sp³-hybridized carbons (Fsp3) is 0.895. The molecule has 2 aliphatic rings. The second kappa shape index (κ2) is 9.98. The van der Waals surface area contributed by atoms with Crippen molar-refractivity contribution in [2.75, 3.05) is 52.9 Å². The molecule has 2 heterocycles. The number of amides is 3. The minimum Gasteiger partial charge on any atom is -0.352 e. The van der Waals surface area contributed by atoms with Crippen LogP contribution in [0.1, 0.15) is 46.5 Å². The minimum absolute atomic E-state index is 0.0206. The van der Waals surface area contributed by atoms with E-state index in [0.717, 1.165) is 65.1 Å². The molecule has 0 bridgehead atoms. The lowest BCUT2D eigenvalue weighted by Gasteiger charge is -2.41. The van der Waals surface area contributed by atoms with Gasteiger partial charge in [-0.25, -0.2) is 4.79 Å². The Kier molecular flexibility index (Phi) is 8.24. The third kappa shape index (κ3) is 5.99. The molecule has 1 unspecified atom stereocenters. The van der Waals surface area contributed by atoms with Crippen LogP contribution in [0.4, 0.5) is 4.79 Å². The summed E-state index contributed by atoms with van der Waals surface area (Å²) in [5.74, 6) is -0.132. The van der Waals surface area contributed by atoms with E-state index in [9.17, 15) is 9.59 Å². The molecule has 2 aliphatic heterocycles. The summed E-state index contributed by atoms with van der Waals surface area (Å²) in [6.07, 6.45) is 3.76. The Morgan fingerprint density at radius 3 is 2.22 bits per heavy atom. The van der Waals surface area contributed by atoms with Gasteiger partial charge in [0.05, 0.1) is 0 Å². The van der Waals surface area contributed by atoms with Gasteiger partial charge in [0.15, 0.2) is 0 Å². The first-order valence-electron chi connectivity index (χ1n) is 10.2. The molecular formula is C19H37N5O2S. The second-order valence-corrected chi connectivity index (χ2v) is 8.84. The highest BCUT2D eigenvalue weighted by Crippen LogP contribution is 2.26. The standard InChI is InChI=1S/C19H37N5O2S/c1-16(2)20-17(25)19(3,8-11-22-14-12-21(4)13-15-22)24(27)18(26)23-9-6-5-7-10-23/h16,27H,5-15H2,1-4H3,(H,20,25). The van der Waals surface area contributed by atoms with Gasteiger partial charge >= 0.3 is 6.03 Å². The molecule has 0 radical (unpaired) electrons. The Bertz CT molecular complexity index is 504. The average Bonchev–Trinajstić information content (AvgIpc) is 2.66. The van der Waals surface area contributed by atoms with Crippen molar-refractivity contribution in [3.63, 3.8) is 0 Å². The van der Waals surface area contributed by atoms with Crippen molar-refractivity contribution in [2.24, 2.45) is 0 Å². The Morgan fingerprint density at radius 1 is 1.07 bits per heavy atom. The van der Waals surface area contributed by atoms with Crippen LogP contribution in [0.15, 0.2) is 0 Å². The molecule has 2 rings (SSSR count). The minimum atomic E-state index is -0.981. The first kappa shape index (κ1) is 22.3. The average molecular weight is 400 g/mol. The summed E-state index contributed by atoms with van der Waals surface area (Å²) in [5.41, 5.74) is -0.981. The smallest absolute Gasteiger partial charge is 0.330 e.